The van der Waals surface area contributed by atoms with Crippen LogP contribution >= 0.6 is 0 Å². The van der Waals surface area contributed by atoms with Gasteiger partial charge in [0.25, 0.3) is 5.91 Å². The third kappa shape index (κ3) is 2.87. The van der Waals surface area contributed by atoms with Gasteiger partial charge in [-0.1, -0.05) is 13.8 Å². The van der Waals surface area contributed by atoms with E-state index in [-0.39, 0.29) is 23.3 Å². The molecule has 7 nitrogen and oxygen atoms in total. The van der Waals surface area contributed by atoms with Crippen LogP contribution in [0.3, 0.4) is 0 Å². The van der Waals surface area contributed by atoms with Crippen LogP contribution in [0.2, 0.25) is 0 Å². The van der Waals surface area contributed by atoms with Crippen molar-refractivity contribution >= 4 is 17.6 Å². The predicted octanol–water partition coefficient (Wildman–Crippen LogP) is 1.73. The first-order valence-electron chi connectivity index (χ1n) is 5.83. The molecule has 0 fully saturated rings. The molecule has 2 aromatic rings. The van der Waals surface area contributed by atoms with Gasteiger partial charge in [-0.25, -0.2) is 9.97 Å². The lowest BCUT2D eigenvalue weighted by molar-refractivity contribution is 0.102. The van der Waals surface area contributed by atoms with Gasteiger partial charge in [-0.05, 0) is 6.92 Å². The molecule has 0 atom stereocenters. The number of nitrogens with two attached hydrogens (primary N) is 1. The van der Waals surface area contributed by atoms with Crippen LogP contribution in [0.4, 0.5) is 11.7 Å². The zero-order valence-corrected chi connectivity index (χ0v) is 11.0. The van der Waals surface area contributed by atoms with Crippen molar-refractivity contribution in [3.05, 3.63) is 29.7 Å². The van der Waals surface area contributed by atoms with Gasteiger partial charge < -0.3 is 10.2 Å². The smallest absolute Gasteiger partial charge is 0.301 e. The average Bonchev–Trinajstić information content (AvgIpc) is 2.74. The Morgan fingerprint density at radius 1 is 1.42 bits per heavy atom. The normalized spacial score (nSPS) is 10.7. The molecule has 3 N–H and O–H groups in total. The molecule has 0 aliphatic rings. The third-order valence-electron chi connectivity index (χ3n) is 2.41. The first kappa shape index (κ1) is 13.0. The molecule has 7 heteroatoms. The van der Waals surface area contributed by atoms with Gasteiger partial charge in [0.05, 0.1) is 17.6 Å². The summed E-state index contributed by atoms with van der Waals surface area (Å²) in [6, 6.07) is 0.117. The maximum Gasteiger partial charge on any atom is 0.301 e. The fourth-order valence-corrected chi connectivity index (χ4v) is 1.43. The molecule has 0 radical (unpaired) electrons. The number of carbonyl (C=O) groups excluding carboxylic acids is 1. The Balaban J connectivity index is 2.25. The van der Waals surface area contributed by atoms with Crippen LogP contribution in [-0.2, 0) is 0 Å². The summed E-state index contributed by atoms with van der Waals surface area (Å²) in [5.41, 5.74) is 6.72. The molecule has 0 unspecified atom stereocenters. The molecule has 0 spiro atoms. The second-order valence-corrected chi connectivity index (χ2v) is 4.44. The topological polar surface area (TPSA) is 107 Å². The standard InChI is InChI=1S/C12H15N5O2/c1-6(2)10-14-4-8(13)9(16-10)11(18)17-12-15-7(3)5-19-12/h4-6H,13H2,1-3H3,(H,15,17,18). The maximum atomic E-state index is 12.0. The molecule has 2 aromatic heterocycles. The molecule has 0 saturated carbocycles. The van der Waals surface area contributed by atoms with Crippen LogP contribution in [-0.4, -0.2) is 20.9 Å². The van der Waals surface area contributed by atoms with E-state index in [4.69, 9.17) is 10.2 Å². The van der Waals surface area contributed by atoms with E-state index in [1.165, 1.54) is 12.5 Å². The first-order chi connectivity index (χ1) is 8.97. The van der Waals surface area contributed by atoms with Crippen molar-refractivity contribution in [3.8, 4) is 0 Å². The number of nitrogens with one attached hydrogen (secondary N) is 1. The van der Waals surface area contributed by atoms with Gasteiger partial charge in [0, 0.05) is 5.92 Å². The van der Waals surface area contributed by atoms with Crippen molar-refractivity contribution < 1.29 is 9.21 Å². The molecule has 19 heavy (non-hydrogen) atoms. The van der Waals surface area contributed by atoms with E-state index in [9.17, 15) is 4.79 Å². The molecule has 0 aliphatic carbocycles. The molecule has 2 rings (SSSR count). The maximum absolute atomic E-state index is 12.0. The van der Waals surface area contributed by atoms with Gasteiger partial charge in [-0.3, -0.25) is 10.1 Å². The number of hydrogen-bond acceptors (Lipinski definition) is 6. The van der Waals surface area contributed by atoms with Crippen molar-refractivity contribution in [1.82, 2.24) is 15.0 Å². The van der Waals surface area contributed by atoms with Gasteiger partial charge in [-0.15, -0.1) is 0 Å². The fraction of sp³-hybridized carbons (Fsp3) is 0.333. The van der Waals surface area contributed by atoms with Crippen LogP contribution in [0.1, 0.15) is 41.8 Å². The van der Waals surface area contributed by atoms with E-state index >= 15 is 0 Å². The average molecular weight is 261 g/mol. The van der Waals surface area contributed by atoms with Gasteiger partial charge >= 0.3 is 6.01 Å². The van der Waals surface area contributed by atoms with E-state index < -0.39 is 5.91 Å². The minimum absolute atomic E-state index is 0.108. The Kier molecular flexibility index (Phi) is 3.46. The predicted molar refractivity (Wildman–Crippen MR) is 69.7 cm³/mol. The summed E-state index contributed by atoms with van der Waals surface area (Å²) in [6.45, 7) is 5.63. The van der Waals surface area contributed by atoms with Crippen LogP contribution in [0.25, 0.3) is 0 Å². The third-order valence-corrected chi connectivity index (χ3v) is 2.41. The Hall–Kier alpha value is -2.44. The zero-order chi connectivity index (χ0) is 14.0. The Labute approximate surface area is 110 Å². The summed E-state index contributed by atoms with van der Waals surface area (Å²) >= 11 is 0. The Morgan fingerprint density at radius 3 is 2.74 bits per heavy atom. The van der Waals surface area contributed by atoms with Gasteiger partial charge in [-0.2, -0.15) is 4.98 Å². The van der Waals surface area contributed by atoms with Gasteiger partial charge in [0.15, 0.2) is 5.69 Å². The summed E-state index contributed by atoms with van der Waals surface area (Å²) in [5.74, 6) is 0.197. The summed E-state index contributed by atoms with van der Waals surface area (Å²) in [6.07, 6.45) is 2.87. The second kappa shape index (κ2) is 5.05. The molecule has 0 bridgehead atoms. The lowest BCUT2D eigenvalue weighted by Crippen LogP contribution is -2.18. The highest BCUT2D eigenvalue weighted by molar-refractivity contribution is 6.05. The van der Waals surface area contributed by atoms with E-state index in [0.29, 0.717) is 11.5 Å². The highest BCUT2D eigenvalue weighted by Crippen LogP contribution is 2.15. The summed E-state index contributed by atoms with van der Waals surface area (Å²) in [5, 5.41) is 2.50. The first-order valence-corrected chi connectivity index (χ1v) is 5.83. The monoisotopic (exact) mass is 261 g/mol. The minimum Gasteiger partial charge on any atom is -0.432 e. The Bertz CT molecular complexity index is 606. The van der Waals surface area contributed by atoms with E-state index in [1.807, 2.05) is 13.8 Å². The highest BCUT2D eigenvalue weighted by atomic mass is 16.4. The number of hydrogen-bond donors (Lipinski definition) is 2. The molecule has 0 aliphatic heterocycles. The number of aryl methyl sites for hydroxylation is 1. The fourth-order valence-electron chi connectivity index (χ4n) is 1.43. The largest absolute Gasteiger partial charge is 0.432 e. The molecule has 100 valence electrons. The van der Waals surface area contributed by atoms with E-state index in [1.54, 1.807) is 6.92 Å². The summed E-state index contributed by atoms with van der Waals surface area (Å²) in [4.78, 5) is 24.3. The molecule has 2 heterocycles. The van der Waals surface area contributed by atoms with Crippen LogP contribution in [0.5, 0.6) is 0 Å². The second-order valence-electron chi connectivity index (χ2n) is 4.44. The summed E-state index contributed by atoms with van der Waals surface area (Å²) in [7, 11) is 0. The minimum atomic E-state index is -0.469. The Morgan fingerprint density at radius 2 is 2.16 bits per heavy atom. The van der Waals surface area contributed by atoms with Crippen LogP contribution < -0.4 is 11.1 Å². The molecule has 1 amide bonds. The van der Waals surface area contributed by atoms with E-state index in [0.717, 1.165) is 0 Å². The lowest BCUT2D eigenvalue weighted by Gasteiger charge is -2.07. The molecular weight excluding hydrogens is 246 g/mol. The number of nitrogen functional groups attached to an aromatic ring is 1. The number of nitrogens with zero attached hydrogens (tertiary/aromatic N) is 3. The number of aromatic nitrogens is 3. The number of carbonyl (C=O) groups is 1. The van der Waals surface area contributed by atoms with Gasteiger partial charge in [0.2, 0.25) is 0 Å². The number of rotatable bonds is 3. The van der Waals surface area contributed by atoms with Crippen molar-refractivity contribution in [2.75, 3.05) is 11.1 Å². The number of oxazole rings is 1. The molecular formula is C12H15N5O2. The quantitative estimate of drug-likeness (QED) is 0.871. The number of amides is 1. The lowest BCUT2D eigenvalue weighted by atomic mass is 10.2. The zero-order valence-electron chi connectivity index (χ0n) is 11.0. The molecule has 0 saturated heterocycles. The highest BCUT2D eigenvalue weighted by Gasteiger charge is 2.16. The van der Waals surface area contributed by atoms with Gasteiger partial charge in [0.1, 0.15) is 12.1 Å². The van der Waals surface area contributed by atoms with Crippen molar-refractivity contribution in [1.29, 1.82) is 0 Å². The van der Waals surface area contributed by atoms with Crippen molar-refractivity contribution in [3.63, 3.8) is 0 Å². The van der Waals surface area contributed by atoms with Crippen molar-refractivity contribution in [2.45, 2.75) is 26.7 Å². The molecule has 0 aromatic carbocycles. The SMILES string of the molecule is Cc1coc(NC(=O)c2nc(C(C)C)ncc2N)n1. The summed E-state index contributed by atoms with van der Waals surface area (Å²) < 4.78 is 5.05. The van der Waals surface area contributed by atoms with E-state index in [2.05, 4.69) is 20.3 Å². The van der Waals surface area contributed by atoms with Crippen LogP contribution in [0, 0.1) is 6.92 Å². The van der Waals surface area contributed by atoms with Crippen LogP contribution in [0.15, 0.2) is 16.9 Å². The van der Waals surface area contributed by atoms with Crippen molar-refractivity contribution in [2.24, 2.45) is 0 Å². The number of anilines is 2.